The maximum absolute atomic E-state index is 6.87. The SMILES string of the molecule is c1ccc(-c2cc(-c3ccccc3)cc(-c3nc(-c4ccccc4)nc4c3oc3cc(-c5cccc(-n6c7ccccc7c7ccccc76)c5)ccc34)c2)cc1. The van der Waals surface area contributed by atoms with Gasteiger partial charge in [0, 0.05) is 33.0 Å². The number of furan rings is 1. The van der Waals surface area contributed by atoms with E-state index >= 15 is 0 Å². The van der Waals surface area contributed by atoms with Crippen LogP contribution in [0.25, 0.3) is 106 Å². The van der Waals surface area contributed by atoms with E-state index in [9.17, 15) is 0 Å². The van der Waals surface area contributed by atoms with Crippen molar-refractivity contribution < 1.29 is 4.42 Å². The van der Waals surface area contributed by atoms with Gasteiger partial charge in [-0.05, 0) is 88.0 Å². The lowest BCUT2D eigenvalue weighted by molar-refractivity contribution is 0.667. The van der Waals surface area contributed by atoms with Crippen LogP contribution < -0.4 is 0 Å². The third kappa shape index (κ3) is 5.39. The number of hydrogen-bond acceptors (Lipinski definition) is 3. The minimum Gasteiger partial charge on any atom is -0.452 e. The van der Waals surface area contributed by atoms with Crippen molar-refractivity contribution in [1.29, 1.82) is 0 Å². The smallest absolute Gasteiger partial charge is 0.180 e. The number of rotatable bonds is 6. The number of benzene rings is 8. The summed E-state index contributed by atoms with van der Waals surface area (Å²) in [5, 5.41) is 3.44. The highest BCUT2D eigenvalue weighted by Crippen LogP contribution is 2.40. The molecule has 0 radical (unpaired) electrons. The molecular formula is C52H33N3O. The quantitative estimate of drug-likeness (QED) is 0.172. The average Bonchev–Trinajstić information content (AvgIpc) is 3.82. The highest BCUT2D eigenvalue weighted by molar-refractivity contribution is 6.10. The van der Waals surface area contributed by atoms with Crippen molar-refractivity contribution in [2.75, 3.05) is 0 Å². The van der Waals surface area contributed by atoms with Gasteiger partial charge in [0.15, 0.2) is 11.4 Å². The summed E-state index contributed by atoms with van der Waals surface area (Å²) < 4.78 is 9.23. The van der Waals surface area contributed by atoms with Gasteiger partial charge < -0.3 is 8.98 Å². The van der Waals surface area contributed by atoms with Gasteiger partial charge in [-0.2, -0.15) is 0 Å². The molecule has 0 N–H and O–H groups in total. The Morgan fingerprint density at radius 2 is 0.893 bits per heavy atom. The molecule has 0 aliphatic heterocycles. The van der Waals surface area contributed by atoms with Crippen LogP contribution in [0.5, 0.6) is 0 Å². The van der Waals surface area contributed by atoms with E-state index in [0.29, 0.717) is 11.4 Å². The van der Waals surface area contributed by atoms with Crippen LogP contribution in [0.3, 0.4) is 0 Å². The Balaban J connectivity index is 1.10. The molecule has 0 saturated carbocycles. The largest absolute Gasteiger partial charge is 0.452 e. The summed E-state index contributed by atoms with van der Waals surface area (Å²) in [6.45, 7) is 0. The average molecular weight is 716 g/mol. The fourth-order valence-corrected chi connectivity index (χ4v) is 8.12. The number of aromatic nitrogens is 3. The molecule has 11 rings (SSSR count). The molecule has 3 heterocycles. The number of hydrogen-bond donors (Lipinski definition) is 0. The van der Waals surface area contributed by atoms with E-state index in [-0.39, 0.29) is 0 Å². The van der Waals surface area contributed by atoms with Gasteiger partial charge in [-0.3, -0.25) is 0 Å². The van der Waals surface area contributed by atoms with Gasteiger partial charge in [0.05, 0.1) is 11.0 Å². The van der Waals surface area contributed by atoms with Crippen LogP contribution >= 0.6 is 0 Å². The molecule has 11 aromatic rings. The Hall–Kier alpha value is -7.56. The van der Waals surface area contributed by atoms with E-state index < -0.39 is 0 Å². The lowest BCUT2D eigenvalue weighted by atomic mass is 9.94. The van der Waals surface area contributed by atoms with Gasteiger partial charge >= 0.3 is 0 Å². The lowest BCUT2D eigenvalue weighted by Crippen LogP contribution is -1.95. The molecule has 0 amide bonds. The molecule has 0 aliphatic rings. The van der Waals surface area contributed by atoms with Crippen LogP contribution in [0, 0.1) is 0 Å². The lowest BCUT2D eigenvalue weighted by Gasteiger charge is -2.12. The molecule has 3 aromatic heterocycles. The highest BCUT2D eigenvalue weighted by Gasteiger charge is 2.21. The van der Waals surface area contributed by atoms with Crippen LogP contribution in [-0.2, 0) is 0 Å². The Morgan fingerprint density at radius 3 is 1.54 bits per heavy atom. The maximum Gasteiger partial charge on any atom is 0.180 e. The molecule has 0 fully saturated rings. The van der Waals surface area contributed by atoms with Crippen molar-refractivity contribution in [2.24, 2.45) is 0 Å². The minimum atomic E-state index is 0.658. The first-order valence-corrected chi connectivity index (χ1v) is 18.9. The maximum atomic E-state index is 6.87. The standard InChI is InChI=1S/C52H33N3O/c1-4-15-34(16-5-1)39-29-40(35-17-6-2-7-18-35)31-41(30-39)49-51-50(54-52(53-49)36-19-8-3-9-20-36)45-28-27-38(33-48(45)56-51)37-21-14-22-42(32-37)55-46-25-12-10-23-43(46)44-24-11-13-26-47(44)55/h1-33H. The number of fused-ring (bicyclic) bond motifs is 6. The van der Waals surface area contributed by atoms with Gasteiger partial charge in [0.2, 0.25) is 0 Å². The van der Waals surface area contributed by atoms with Gasteiger partial charge in [0.1, 0.15) is 16.8 Å². The van der Waals surface area contributed by atoms with Crippen molar-refractivity contribution >= 4 is 43.9 Å². The van der Waals surface area contributed by atoms with Crippen LogP contribution in [0.1, 0.15) is 0 Å². The summed E-state index contributed by atoms with van der Waals surface area (Å²) in [7, 11) is 0. The van der Waals surface area contributed by atoms with Crippen molar-refractivity contribution in [3.8, 4) is 61.7 Å². The predicted molar refractivity (Wildman–Crippen MR) is 231 cm³/mol. The van der Waals surface area contributed by atoms with Crippen LogP contribution in [0.2, 0.25) is 0 Å². The topological polar surface area (TPSA) is 43.9 Å². The van der Waals surface area contributed by atoms with Crippen LogP contribution in [0.4, 0.5) is 0 Å². The van der Waals surface area contributed by atoms with Gasteiger partial charge in [-0.25, -0.2) is 9.97 Å². The Kier molecular flexibility index (Phi) is 7.46. The van der Waals surface area contributed by atoms with E-state index in [1.807, 2.05) is 18.2 Å². The minimum absolute atomic E-state index is 0.658. The Bertz CT molecular complexity index is 3120. The van der Waals surface area contributed by atoms with Crippen LogP contribution in [0.15, 0.2) is 205 Å². The summed E-state index contributed by atoms with van der Waals surface area (Å²) >= 11 is 0. The van der Waals surface area contributed by atoms with Gasteiger partial charge in [0.25, 0.3) is 0 Å². The first-order valence-electron chi connectivity index (χ1n) is 18.9. The Morgan fingerprint density at radius 1 is 0.357 bits per heavy atom. The Labute approximate surface area is 323 Å². The van der Waals surface area contributed by atoms with E-state index in [2.05, 4.69) is 187 Å². The molecular weight excluding hydrogens is 683 g/mol. The second kappa shape index (κ2) is 13.1. The number of para-hydroxylation sites is 2. The summed E-state index contributed by atoms with van der Waals surface area (Å²) in [6, 6.07) is 70.4. The molecule has 0 aliphatic carbocycles. The fraction of sp³-hybridized carbons (Fsp3) is 0. The molecule has 4 nitrogen and oxygen atoms in total. The zero-order valence-electron chi connectivity index (χ0n) is 30.3. The third-order valence-electron chi connectivity index (χ3n) is 10.8. The van der Waals surface area contributed by atoms with E-state index in [1.54, 1.807) is 0 Å². The monoisotopic (exact) mass is 715 g/mol. The van der Waals surface area contributed by atoms with Crippen molar-refractivity contribution in [3.05, 3.63) is 200 Å². The molecule has 0 atom stereocenters. The van der Waals surface area contributed by atoms with E-state index in [1.165, 1.54) is 21.8 Å². The van der Waals surface area contributed by atoms with Gasteiger partial charge in [-0.15, -0.1) is 0 Å². The van der Waals surface area contributed by atoms with Crippen LogP contribution in [-0.4, -0.2) is 14.5 Å². The van der Waals surface area contributed by atoms with E-state index in [0.717, 1.165) is 72.4 Å². The fourth-order valence-electron chi connectivity index (χ4n) is 8.12. The summed E-state index contributed by atoms with van der Waals surface area (Å²) in [5.41, 5.74) is 15.0. The molecule has 0 saturated heterocycles. The zero-order chi connectivity index (χ0) is 37.0. The first-order chi connectivity index (χ1) is 27.7. The van der Waals surface area contributed by atoms with Crippen molar-refractivity contribution in [3.63, 3.8) is 0 Å². The van der Waals surface area contributed by atoms with Gasteiger partial charge in [-0.1, -0.05) is 146 Å². The summed E-state index contributed by atoms with van der Waals surface area (Å²) in [6.07, 6.45) is 0. The number of nitrogens with zero attached hydrogens (tertiary/aromatic N) is 3. The molecule has 56 heavy (non-hydrogen) atoms. The highest BCUT2D eigenvalue weighted by atomic mass is 16.3. The molecule has 0 bridgehead atoms. The summed E-state index contributed by atoms with van der Waals surface area (Å²) in [4.78, 5) is 10.4. The molecule has 0 spiro atoms. The predicted octanol–water partition coefficient (Wildman–Crippen LogP) is 13.8. The van der Waals surface area contributed by atoms with Crippen molar-refractivity contribution in [1.82, 2.24) is 14.5 Å². The molecule has 262 valence electrons. The molecule has 0 unspecified atom stereocenters. The summed E-state index contributed by atoms with van der Waals surface area (Å²) in [5.74, 6) is 0.658. The van der Waals surface area contributed by atoms with Crippen molar-refractivity contribution in [2.45, 2.75) is 0 Å². The van der Waals surface area contributed by atoms with E-state index in [4.69, 9.17) is 14.4 Å². The second-order valence-electron chi connectivity index (χ2n) is 14.2. The first kappa shape index (κ1) is 31.9. The molecule has 8 aromatic carbocycles. The second-order valence-corrected chi connectivity index (χ2v) is 14.2. The molecule has 4 heteroatoms. The third-order valence-corrected chi connectivity index (χ3v) is 10.8. The zero-order valence-corrected chi connectivity index (χ0v) is 30.3. The normalized spacial score (nSPS) is 11.6.